The maximum absolute atomic E-state index is 13.7. The first-order chi connectivity index (χ1) is 26.4. The fourth-order valence-electron chi connectivity index (χ4n) is 8.51. The molecule has 8 rings (SSSR count). The topological polar surface area (TPSA) is 148 Å². The van der Waals surface area contributed by atoms with Crippen molar-refractivity contribution >= 4 is 29.2 Å². The minimum Gasteiger partial charge on any atom is -0.480 e. The Hall–Kier alpha value is -4.97. The van der Waals surface area contributed by atoms with Crippen molar-refractivity contribution in [2.75, 3.05) is 30.3 Å². The van der Waals surface area contributed by atoms with Gasteiger partial charge in [0.05, 0.1) is 5.60 Å². The van der Waals surface area contributed by atoms with Crippen LogP contribution in [0.4, 0.5) is 11.4 Å². The smallest absolute Gasteiger partial charge is 0.320 e. The summed E-state index contributed by atoms with van der Waals surface area (Å²) in [6.07, 6.45) is 10.5. The minimum absolute atomic E-state index is 0.264. The number of likely N-dealkylation sites (tertiary alicyclic amines) is 2. The fourth-order valence-corrected chi connectivity index (χ4v) is 8.51. The van der Waals surface area contributed by atoms with Gasteiger partial charge in [0.15, 0.2) is 0 Å². The summed E-state index contributed by atoms with van der Waals surface area (Å²) in [5, 5.41) is 26.2. The van der Waals surface area contributed by atoms with Crippen molar-refractivity contribution in [3.8, 4) is 11.1 Å². The van der Waals surface area contributed by atoms with E-state index in [-0.39, 0.29) is 11.8 Å². The van der Waals surface area contributed by atoms with E-state index in [1.165, 1.54) is 5.56 Å². The highest BCUT2D eigenvalue weighted by atomic mass is 16.4. The Bertz CT molecular complexity index is 2150. The maximum Gasteiger partial charge on any atom is 0.320 e. The van der Waals surface area contributed by atoms with Crippen LogP contribution < -0.4 is 10.6 Å². The number of rotatable bonds is 12. The molecular formula is C44H50N6O5. The number of β-amino-alcohol motifs (C(OH)–C–C–N with tert-alkyl or cyclic N) is 1. The molecule has 2 saturated heterocycles. The van der Waals surface area contributed by atoms with Crippen molar-refractivity contribution in [3.05, 3.63) is 106 Å². The molecule has 55 heavy (non-hydrogen) atoms. The van der Waals surface area contributed by atoms with E-state index in [0.29, 0.717) is 60.7 Å². The molecule has 1 atom stereocenters. The van der Waals surface area contributed by atoms with Crippen LogP contribution in [-0.4, -0.2) is 79.0 Å². The molecule has 4 aliphatic rings. The first kappa shape index (κ1) is 37.0. The number of nitrogens with zero attached hydrogens (tertiary/aromatic N) is 4. The van der Waals surface area contributed by atoms with Crippen molar-refractivity contribution in [3.63, 3.8) is 0 Å². The molecule has 0 bridgehead atoms. The van der Waals surface area contributed by atoms with Gasteiger partial charge in [0.1, 0.15) is 17.4 Å². The van der Waals surface area contributed by atoms with E-state index in [0.717, 1.165) is 90.6 Å². The Labute approximate surface area is 322 Å². The van der Waals surface area contributed by atoms with E-state index in [1.807, 2.05) is 80.4 Å². The first-order valence-corrected chi connectivity index (χ1v) is 19.7. The SMILES string of the molecule is Cc1c(NC(=O)c2cc(C3CC3)c(CN3CC(C)(O)C3)cn2)cccc1-c1cccc(NC(=O)c2cc(C3CC3)c(CN3CCCC[C@H]3C(=O)O)cn2)c1C. The number of amides is 2. The van der Waals surface area contributed by atoms with Gasteiger partial charge in [-0.3, -0.25) is 34.2 Å². The molecule has 2 amide bonds. The van der Waals surface area contributed by atoms with Gasteiger partial charge >= 0.3 is 5.97 Å². The van der Waals surface area contributed by atoms with Crippen molar-refractivity contribution in [1.29, 1.82) is 0 Å². The predicted octanol–water partition coefficient (Wildman–Crippen LogP) is 7.03. The zero-order chi connectivity index (χ0) is 38.4. The molecule has 4 heterocycles. The van der Waals surface area contributed by atoms with Crippen molar-refractivity contribution < 1.29 is 24.6 Å². The van der Waals surface area contributed by atoms with E-state index < -0.39 is 17.6 Å². The van der Waals surface area contributed by atoms with Gasteiger partial charge in [0.25, 0.3) is 11.8 Å². The van der Waals surface area contributed by atoms with Crippen LogP contribution in [0.5, 0.6) is 0 Å². The zero-order valence-corrected chi connectivity index (χ0v) is 31.9. The van der Waals surface area contributed by atoms with Crippen LogP contribution in [0, 0.1) is 13.8 Å². The number of aromatic nitrogens is 2. The Morgan fingerprint density at radius 3 is 1.75 bits per heavy atom. The molecule has 4 aromatic rings. The molecule has 286 valence electrons. The predicted molar refractivity (Wildman–Crippen MR) is 211 cm³/mol. The Balaban J connectivity index is 0.975. The highest BCUT2D eigenvalue weighted by molar-refractivity contribution is 6.05. The number of carbonyl (C=O) groups is 3. The second-order valence-corrected chi connectivity index (χ2v) is 16.4. The van der Waals surface area contributed by atoms with E-state index in [9.17, 15) is 24.6 Å². The van der Waals surface area contributed by atoms with Crippen LogP contribution in [0.3, 0.4) is 0 Å². The number of hydrogen-bond donors (Lipinski definition) is 4. The summed E-state index contributed by atoms with van der Waals surface area (Å²) in [5.41, 5.74) is 9.50. The third kappa shape index (κ3) is 8.06. The van der Waals surface area contributed by atoms with Crippen LogP contribution in [0.15, 0.2) is 60.9 Å². The highest BCUT2D eigenvalue weighted by Gasteiger charge is 2.38. The number of carboxylic acid groups (broad SMARTS) is 1. The molecule has 2 aliphatic heterocycles. The third-order valence-electron chi connectivity index (χ3n) is 11.8. The lowest BCUT2D eigenvalue weighted by Gasteiger charge is -2.44. The quantitative estimate of drug-likeness (QED) is 0.120. The lowest BCUT2D eigenvalue weighted by molar-refractivity contribution is -0.144. The van der Waals surface area contributed by atoms with Gasteiger partial charge in [-0.1, -0.05) is 30.7 Å². The monoisotopic (exact) mass is 742 g/mol. The average Bonchev–Trinajstić information content (AvgIpc) is 4.08. The molecule has 0 unspecified atom stereocenters. The lowest BCUT2D eigenvalue weighted by atomic mass is 9.94. The molecule has 4 N–H and O–H groups in total. The molecule has 2 aromatic carbocycles. The van der Waals surface area contributed by atoms with Gasteiger partial charge in [-0.2, -0.15) is 0 Å². The summed E-state index contributed by atoms with van der Waals surface area (Å²) >= 11 is 0. The van der Waals surface area contributed by atoms with Gasteiger partial charge in [-0.05, 0) is 146 Å². The van der Waals surface area contributed by atoms with Gasteiger partial charge in [-0.15, -0.1) is 0 Å². The van der Waals surface area contributed by atoms with Crippen molar-refractivity contribution in [1.82, 2.24) is 19.8 Å². The normalized spacial score (nSPS) is 19.7. The van der Waals surface area contributed by atoms with Gasteiger partial charge in [0, 0.05) is 49.9 Å². The molecule has 0 spiro atoms. The highest BCUT2D eigenvalue weighted by Crippen LogP contribution is 2.44. The maximum atomic E-state index is 13.7. The summed E-state index contributed by atoms with van der Waals surface area (Å²) in [7, 11) is 0. The van der Waals surface area contributed by atoms with Gasteiger partial charge in [0.2, 0.25) is 0 Å². The van der Waals surface area contributed by atoms with Crippen molar-refractivity contribution in [2.24, 2.45) is 0 Å². The second kappa shape index (κ2) is 14.9. The number of piperidine rings is 1. The number of aliphatic carboxylic acids is 1. The van der Waals surface area contributed by atoms with Gasteiger partial charge in [-0.25, -0.2) is 0 Å². The largest absolute Gasteiger partial charge is 0.480 e. The van der Waals surface area contributed by atoms with Crippen LogP contribution in [0.25, 0.3) is 11.1 Å². The molecule has 2 aromatic heterocycles. The second-order valence-electron chi connectivity index (χ2n) is 16.4. The number of carboxylic acids is 1. The van der Waals surface area contributed by atoms with Crippen LogP contribution in [0.2, 0.25) is 0 Å². The van der Waals surface area contributed by atoms with E-state index in [4.69, 9.17) is 0 Å². The standard InChI is InChI=1S/C44H50N6O5/c1-26-32(8-6-10-36(26)47-41(51)38-18-34(28-13-14-28)30(20-45-38)22-49-24-44(3,55)25-49)33-9-7-11-37(27(33)2)48-42(52)39-19-35(29-15-16-29)31(21-46-39)23-50-17-5-4-12-40(50)43(53)54/h6-11,18-21,28-29,40,55H,4-5,12-17,22-25H2,1-3H3,(H,47,51)(H,48,52)(H,53,54)/t40-/m0/s1. The number of benzene rings is 2. The molecule has 2 saturated carbocycles. The number of hydrogen-bond acceptors (Lipinski definition) is 8. The minimum atomic E-state index is -0.780. The summed E-state index contributed by atoms with van der Waals surface area (Å²) in [4.78, 5) is 52.6. The third-order valence-corrected chi connectivity index (χ3v) is 11.8. The summed E-state index contributed by atoms with van der Waals surface area (Å²) in [6, 6.07) is 15.0. The summed E-state index contributed by atoms with van der Waals surface area (Å²) < 4.78 is 0. The first-order valence-electron chi connectivity index (χ1n) is 19.7. The molecule has 11 nitrogen and oxygen atoms in total. The number of anilines is 2. The number of nitrogens with one attached hydrogen (secondary N) is 2. The fraction of sp³-hybridized carbons (Fsp3) is 0.432. The molecule has 2 aliphatic carbocycles. The molecular weight excluding hydrogens is 693 g/mol. The van der Waals surface area contributed by atoms with Crippen LogP contribution in [-0.2, 0) is 17.9 Å². The van der Waals surface area contributed by atoms with Crippen LogP contribution in [0.1, 0.15) is 118 Å². The van der Waals surface area contributed by atoms with E-state index in [1.54, 1.807) is 6.20 Å². The van der Waals surface area contributed by atoms with Crippen LogP contribution >= 0.6 is 0 Å². The van der Waals surface area contributed by atoms with E-state index in [2.05, 4.69) is 25.5 Å². The number of pyridine rings is 2. The summed E-state index contributed by atoms with van der Waals surface area (Å²) in [6.45, 7) is 9.06. The molecule has 0 radical (unpaired) electrons. The number of aliphatic hydroxyl groups is 1. The average molecular weight is 743 g/mol. The summed E-state index contributed by atoms with van der Waals surface area (Å²) in [5.74, 6) is -0.532. The molecule has 11 heteroatoms. The Morgan fingerprint density at radius 2 is 1.27 bits per heavy atom. The lowest BCUT2D eigenvalue weighted by Crippen LogP contribution is -2.59. The van der Waals surface area contributed by atoms with Gasteiger partial charge < -0.3 is 20.8 Å². The van der Waals surface area contributed by atoms with Crippen molar-refractivity contribution in [2.45, 2.75) is 102 Å². The zero-order valence-electron chi connectivity index (χ0n) is 31.9. The molecule has 4 fully saturated rings. The van der Waals surface area contributed by atoms with E-state index >= 15 is 0 Å². The Kier molecular flexibility index (Phi) is 10.0. The Morgan fingerprint density at radius 1 is 0.764 bits per heavy atom. The number of carbonyl (C=O) groups excluding carboxylic acids is 2.